The van der Waals surface area contributed by atoms with Crippen LogP contribution in [0.4, 0.5) is 17.3 Å². The van der Waals surface area contributed by atoms with Crippen LogP contribution in [0.25, 0.3) is 93.5 Å². The lowest BCUT2D eigenvalue weighted by molar-refractivity contribution is 0.789. The van der Waals surface area contributed by atoms with Crippen LogP contribution in [-0.4, -0.2) is 23.3 Å². The first kappa shape index (κ1) is 33.5. The van der Waals surface area contributed by atoms with Crippen molar-refractivity contribution < 1.29 is 0 Å². The fourth-order valence-corrected chi connectivity index (χ4v) is 10.5. The third kappa shape index (κ3) is 4.60. The highest BCUT2D eigenvalue weighted by Gasteiger charge is 2.29. The summed E-state index contributed by atoms with van der Waals surface area (Å²) >= 11 is 0. The fraction of sp³-hybridized carbons (Fsp3) is 0.0179. The van der Waals surface area contributed by atoms with Gasteiger partial charge in [0.1, 0.15) is 0 Å². The Hall–Kier alpha value is -8.35. The topological polar surface area (TPSA) is 35.9 Å². The molecule has 5 heterocycles. The van der Waals surface area contributed by atoms with Gasteiger partial charge in [-0.2, -0.15) is 0 Å². The predicted octanol–water partition coefficient (Wildman–Crippen LogP) is 14.2. The van der Waals surface area contributed by atoms with Gasteiger partial charge in [-0.25, -0.2) is 4.98 Å². The van der Waals surface area contributed by atoms with Gasteiger partial charge < -0.3 is 18.3 Å². The summed E-state index contributed by atoms with van der Waals surface area (Å²) in [6, 6.07) is 75.1. The molecule has 0 fully saturated rings. The molecule has 0 amide bonds. The highest BCUT2D eigenvalue weighted by molar-refractivity contribution is 6.14. The highest BCUT2D eigenvalue weighted by atomic mass is 15.3. The van der Waals surface area contributed by atoms with Crippen LogP contribution in [0.15, 0.2) is 206 Å². The van der Waals surface area contributed by atoms with Gasteiger partial charge in [0.2, 0.25) is 5.95 Å². The average Bonchev–Trinajstić information content (AvgIpc) is 4.07. The van der Waals surface area contributed by atoms with Crippen molar-refractivity contribution in [2.24, 2.45) is 0 Å². The molecule has 6 nitrogen and oxygen atoms in total. The van der Waals surface area contributed by atoms with Gasteiger partial charge in [-0.15, -0.1) is 0 Å². The minimum atomic E-state index is 0.742. The second-order valence-electron chi connectivity index (χ2n) is 16.4. The summed E-state index contributed by atoms with van der Waals surface area (Å²) in [7, 11) is 0. The van der Waals surface area contributed by atoms with E-state index in [0.717, 1.165) is 63.0 Å². The van der Waals surface area contributed by atoms with Crippen molar-refractivity contribution in [3.8, 4) is 17.1 Å². The lowest BCUT2D eigenvalue weighted by atomic mass is 10.1. The molecule has 14 rings (SSSR count). The van der Waals surface area contributed by atoms with Gasteiger partial charge in [0, 0.05) is 55.1 Å². The molecule has 0 saturated heterocycles. The number of hydrogen-bond acceptors (Lipinski definition) is 2. The Morgan fingerprint density at radius 3 is 1.27 bits per heavy atom. The van der Waals surface area contributed by atoms with E-state index in [9.17, 15) is 0 Å². The Morgan fingerprint density at radius 1 is 0.323 bits per heavy atom. The van der Waals surface area contributed by atoms with E-state index in [0.29, 0.717) is 0 Å². The third-order valence-corrected chi connectivity index (χ3v) is 13.2. The maximum Gasteiger partial charge on any atom is 0.216 e. The van der Waals surface area contributed by atoms with E-state index < -0.39 is 0 Å². The Bertz CT molecular complexity index is 3700. The number of anilines is 3. The highest BCUT2D eigenvalue weighted by Crippen LogP contribution is 2.45. The summed E-state index contributed by atoms with van der Waals surface area (Å²) in [6.07, 6.45) is 0. The molecule has 0 spiro atoms. The standard InChI is InChI=1S/C56H36N6/c1-2-14-37(15-3-1)62-55-34-40(27-26-36(55)35-58-54-25-13-8-20-47(54)57-56(58)62)61-52-30-28-38(59-48-21-9-4-16-41(48)42-17-5-10-22-49(42)59)32-45(52)46-33-39(29-31-53(46)61)60-50-23-11-6-18-43(50)44-19-7-12-24-51(44)60/h1-34H,35H2. The predicted molar refractivity (Wildman–Crippen MR) is 257 cm³/mol. The third-order valence-electron chi connectivity index (χ3n) is 13.2. The van der Waals surface area contributed by atoms with E-state index in [4.69, 9.17) is 4.98 Å². The molecule has 1 aliphatic heterocycles. The molecule has 0 N–H and O–H groups in total. The quantitative estimate of drug-likeness (QED) is 0.178. The summed E-state index contributed by atoms with van der Waals surface area (Å²) in [6.45, 7) is 0.742. The Labute approximate surface area is 356 Å². The molecule has 4 aromatic heterocycles. The van der Waals surface area contributed by atoms with Gasteiger partial charge >= 0.3 is 0 Å². The van der Waals surface area contributed by atoms with Crippen LogP contribution in [0, 0.1) is 0 Å². The van der Waals surface area contributed by atoms with E-state index in [1.807, 2.05) is 0 Å². The summed E-state index contributed by atoms with van der Waals surface area (Å²) in [5.41, 5.74) is 16.1. The van der Waals surface area contributed by atoms with Crippen molar-refractivity contribution in [2.75, 3.05) is 4.90 Å². The molecular formula is C56H36N6. The first-order valence-corrected chi connectivity index (χ1v) is 21.3. The maximum atomic E-state index is 5.23. The summed E-state index contributed by atoms with van der Waals surface area (Å²) in [5, 5.41) is 7.41. The van der Waals surface area contributed by atoms with Gasteiger partial charge in [0.15, 0.2) is 0 Å². The number of aromatic nitrogens is 5. The van der Waals surface area contributed by atoms with Crippen LogP contribution >= 0.6 is 0 Å². The van der Waals surface area contributed by atoms with E-state index >= 15 is 0 Å². The summed E-state index contributed by atoms with van der Waals surface area (Å²) in [4.78, 5) is 7.56. The van der Waals surface area contributed by atoms with Crippen LogP contribution in [0.2, 0.25) is 0 Å². The van der Waals surface area contributed by atoms with E-state index in [-0.39, 0.29) is 0 Å². The number of rotatable bonds is 4. The van der Waals surface area contributed by atoms with Gasteiger partial charge in [0.05, 0.1) is 56.4 Å². The minimum Gasteiger partial charge on any atom is -0.309 e. The van der Waals surface area contributed by atoms with E-state index in [1.54, 1.807) is 0 Å². The summed E-state index contributed by atoms with van der Waals surface area (Å²) in [5.74, 6) is 0.927. The molecule has 62 heavy (non-hydrogen) atoms. The molecule has 1 aliphatic rings. The van der Waals surface area contributed by atoms with Crippen molar-refractivity contribution >= 4 is 93.8 Å². The van der Waals surface area contributed by atoms with Crippen LogP contribution < -0.4 is 4.90 Å². The molecule has 0 atom stereocenters. The molecule has 0 radical (unpaired) electrons. The van der Waals surface area contributed by atoms with Crippen molar-refractivity contribution in [2.45, 2.75) is 6.54 Å². The van der Waals surface area contributed by atoms with Gasteiger partial charge in [-0.3, -0.25) is 4.90 Å². The van der Waals surface area contributed by atoms with Crippen LogP contribution in [0.3, 0.4) is 0 Å². The zero-order valence-electron chi connectivity index (χ0n) is 33.5. The van der Waals surface area contributed by atoms with Gasteiger partial charge in [0.25, 0.3) is 0 Å². The second kappa shape index (κ2) is 12.6. The Morgan fingerprint density at radius 2 is 0.742 bits per heavy atom. The zero-order valence-corrected chi connectivity index (χ0v) is 33.5. The molecule has 0 saturated carbocycles. The van der Waals surface area contributed by atoms with Crippen molar-refractivity contribution in [1.29, 1.82) is 0 Å². The van der Waals surface area contributed by atoms with Gasteiger partial charge in [-0.1, -0.05) is 109 Å². The molecule has 290 valence electrons. The number of para-hydroxylation sites is 7. The largest absolute Gasteiger partial charge is 0.309 e. The molecule has 0 unspecified atom stereocenters. The van der Waals surface area contributed by atoms with Gasteiger partial charge in [-0.05, 0) is 103 Å². The van der Waals surface area contributed by atoms with Crippen LogP contribution in [0.1, 0.15) is 5.56 Å². The van der Waals surface area contributed by atoms with Crippen molar-refractivity contribution in [3.05, 3.63) is 212 Å². The first-order chi connectivity index (χ1) is 30.8. The SMILES string of the molecule is c1ccc(N2c3cc(-n4c5ccc(-n6c7ccccc7c7ccccc76)cc5c5cc(-n6c7ccccc7c7ccccc76)ccc54)ccc3Cn3c2nc2ccccc23)cc1. The Balaban J connectivity index is 1.04. The molecule has 0 aliphatic carbocycles. The molecule has 6 heteroatoms. The molecule has 0 bridgehead atoms. The lowest BCUT2D eigenvalue weighted by Crippen LogP contribution is -2.23. The van der Waals surface area contributed by atoms with E-state index in [1.165, 1.54) is 59.9 Å². The van der Waals surface area contributed by atoms with Crippen molar-refractivity contribution in [3.63, 3.8) is 0 Å². The maximum absolute atomic E-state index is 5.23. The Kier molecular flexibility index (Phi) is 6.79. The number of nitrogens with zero attached hydrogens (tertiary/aromatic N) is 6. The summed E-state index contributed by atoms with van der Waals surface area (Å²) < 4.78 is 9.65. The normalized spacial score (nSPS) is 12.7. The van der Waals surface area contributed by atoms with Crippen LogP contribution in [0.5, 0.6) is 0 Å². The van der Waals surface area contributed by atoms with Crippen LogP contribution in [-0.2, 0) is 6.54 Å². The molecule has 9 aromatic carbocycles. The zero-order chi connectivity index (χ0) is 40.5. The monoisotopic (exact) mass is 792 g/mol. The molecule has 13 aromatic rings. The van der Waals surface area contributed by atoms with Crippen molar-refractivity contribution in [1.82, 2.24) is 23.3 Å². The average molecular weight is 793 g/mol. The smallest absolute Gasteiger partial charge is 0.216 e. The number of benzene rings is 9. The lowest BCUT2D eigenvalue weighted by Gasteiger charge is -2.32. The number of hydrogen-bond donors (Lipinski definition) is 0. The molecular weight excluding hydrogens is 757 g/mol. The van der Waals surface area contributed by atoms with E-state index in [2.05, 4.69) is 229 Å². The second-order valence-corrected chi connectivity index (χ2v) is 16.4. The first-order valence-electron chi connectivity index (χ1n) is 21.3. The number of fused-ring (bicyclic) bond motifs is 13. The fourth-order valence-electron chi connectivity index (χ4n) is 10.5. The minimum absolute atomic E-state index is 0.742. The number of imidazole rings is 1.